The quantitative estimate of drug-likeness (QED) is 0.623. The molecule has 2 aromatic rings. The Bertz CT molecular complexity index is 378. The lowest BCUT2D eigenvalue weighted by Crippen LogP contribution is -1.90. The highest BCUT2D eigenvalue weighted by molar-refractivity contribution is 5.78. The summed E-state index contributed by atoms with van der Waals surface area (Å²) < 4.78 is 0. The van der Waals surface area contributed by atoms with Crippen molar-refractivity contribution in [1.29, 1.82) is 0 Å². The zero-order valence-corrected chi connectivity index (χ0v) is 6.78. The van der Waals surface area contributed by atoms with E-state index in [0.29, 0.717) is 0 Å². The average Bonchev–Trinajstić information content (AvgIpc) is 2.69. The Labute approximate surface area is 74.8 Å². The topological polar surface area (TPSA) is 56.0 Å². The minimum absolute atomic E-state index is 0.929. The fraction of sp³-hybridized carbons (Fsp3) is 0. The van der Waals surface area contributed by atoms with Crippen LogP contribution in [0.5, 0.6) is 0 Å². The third-order valence-electron chi connectivity index (χ3n) is 1.42. The van der Waals surface area contributed by atoms with E-state index in [1.54, 1.807) is 18.6 Å². The Morgan fingerprint density at radius 1 is 1.38 bits per heavy atom. The van der Waals surface area contributed by atoms with Gasteiger partial charge in [-0.15, -0.1) is 9.89 Å². The summed E-state index contributed by atoms with van der Waals surface area (Å²) in [6, 6.07) is 3.76. The van der Waals surface area contributed by atoms with Crippen LogP contribution in [-0.2, 0) is 0 Å². The molecule has 0 aliphatic heterocycles. The molecule has 0 N–H and O–H groups in total. The van der Waals surface area contributed by atoms with E-state index in [0.717, 1.165) is 5.56 Å². The van der Waals surface area contributed by atoms with Crippen LogP contribution >= 0.6 is 0 Å². The first-order valence-corrected chi connectivity index (χ1v) is 3.74. The SMILES string of the molecule is C(=N\n1cncn1)/c1cccnc1. The van der Waals surface area contributed by atoms with Crippen molar-refractivity contribution in [3.63, 3.8) is 0 Å². The Balaban J connectivity index is 2.15. The highest BCUT2D eigenvalue weighted by atomic mass is 15.5. The molecule has 0 aliphatic rings. The molecule has 0 aromatic carbocycles. The molecule has 0 spiro atoms. The van der Waals surface area contributed by atoms with Crippen molar-refractivity contribution in [2.24, 2.45) is 5.10 Å². The lowest BCUT2D eigenvalue weighted by atomic mass is 10.3. The van der Waals surface area contributed by atoms with Gasteiger partial charge in [0.1, 0.15) is 12.7 Å². The first-order valence-electron chi connectivity index (χ1n) is 3.74. The zero-order valence-electron chi connectivity index (χ0n) is 6.78. The van der Waals surface area contributed by atoms with Crippen molar-refractivity contribution in [2.45, 2.75) is 0 Å². The van der Waals surface area contributed by atoms with Crippen LogP contribution in [0.25, 0.3) is 0 Å². The maximum atomic E-state index is 4.01. The molecular formula is C8H7N5. The molecule has 5 nitrogen and oxygen atoms in total. The zero-order chi connectivity index (χ0) is 8.93. The minimum Gasteiger partial charge on any atom is -0.264 e. The number of pyridine rings is 1. The van der Waals surface area contributed by atoms with Crippen molar-refractivity contribution in [2.75, 3.05) is 0 Å². The summed E-state index contributed by atoms with van der Waals surface area (Å²) in [5.74, 6) is 0. The predicted octanol–water partition coefficient (Wildman–Crippen LogP) is 0.555. The summed E-state index contributed by atoms with van der Waals surface area (Å²) in [6.45, 7) is 0. The normalized spacial score (nSPS) is 10.8. The van der Waals surface area contributed by atoms with Gasteiger partial charge in [0.2, 0.25) is 0 Å². The van der Waals surface area contributed by atoms with Crippen LogP contribution in [0.15, 0.2) is 42.3 Å². The number of nitrogens with zero attached hydrogens (tertiary/aromatic N) is 5. The van der Waals surface area contributed by atoms with Crippen LogP contribution in [0.4, 0.5) is 0 Å². The monoisotopic (exact) mass is 173 g/mol. The van der Waals surface area contributed by atoms with Crippen LogP contribution in [0.3, 0.4) is 0 Å². The van der Waals surface area contributed by atoms with Gasteiger partial charge in [0, 0.05) is 18.0 Å². The molecule has 5 heteroatoms. The van der Waals surface area contributed by atoms with Gasteiger partial charge in [0.25, 0.3) is 0 Å². The highest BCUT2D eigenvalue weighted by Crippen LogP contribution is 1.90. The largest absolute Gasteiger partial charge is 0.264 e. The van der Waals surface area contributed by atoms with E-state index in [2.05, 4.69) is 20.2 Å². The van der Waals surface area contributed by atoms with Gasteiger partial charge in [-0.2, -0.15) is 5.10 Å². The number of rotatable bonds is 2. The molecule has 2 aromatic heterocycles. The summed E-state index contributed by atoms with van der Waals surface area (Å²) in [5.41, 5.74) is 0.929. The standard InChI is InChI=1S/C8H7N5/c1-2-8(4-9-3-1)5-11-13-7-10-6-12-13/h1-7H/b11-5+. The van der Waals surface area contributed by atoms with Crippen LogP contribution in [-0.4, -0.2) is 26.1 Å². The maximum Gasteiger partial charge on any atom is 0.139 e. The fourth-order valence-electron chi connectivity index (χ4n) is 0.840. The Morgan fingerprint density at radius 2 is 2.38 bits per heavy atom. The van der Waals surface area contributed by atoms with Crippen LogP contribution in [0, 0.1) is 0 Å². The van der Waals surface area contributed by atoms with Crippen LogP contribution in [0.1, 0.15) is 5.56 Å². The van der Waals surface area contributed by atoms with Crippen molar-refractivity contribution in [3.05, 3.63) is 42.7 Å². The van der Waals surface area contributed by atoms with Crippen LogP contribution < -0.4 is 0 Å². The lowest BCUT2D eigenvalue weighted by Gasteiger charge is -1.89. The van der Waals surface area contributed by atoms with E-state index in [1.807, 2.05) is 12.1 Å². The molecule has 64 valence electrons. The first kappa shape index (κ1) is 7.60. The Morgan fingerprint density at radius 3 is 3.08 bits per heavy atom. The highest BCUT2D eigenvalue weighted by Gasteiger charge is 1.85. The lowest BCUT2D eigenvalue weighted by molar-refractivity contribution is 0.743. The summed E-state index contributed by atoms with van der Waals surface area (Å²) in [6.07, 6.45) is 8.06. The molecule has 2 rings (SSSR count). The van der Waals surface area contributed by atoms with E-state index in [9.17, 15) is 0 Å². The Kier molecular flexibility index (Phi) is 2.09. The molecule has 0 saturated carbocycles. The van der Waals surface area contributed by atoms with Crippen molar-refractivity contribution >= 4 is 6.21 Å². The first-order chi connectivity index (χ1) is 6.45. The number of hydrogen-bond donors (Lipinski definition) is 0. The second-order valence-electron chi connectivity index (χ2n) is 2.35. The second-order valence-corrected chi connectivity index (χ2v) is 2.35. The molecule has 0 fully saturated rings. The van der Waals surface area contributed by atoms with E-state index < -0.39 is 0 Å². The van der Waals surface area contributed by atoms with E-state index in [1.165, 1.54) is 17.4 Å². The van der Waals surface area contributed by atoms with Gasteiger partial charge in [0.15, 0.2) is 0 Å². The van der Waals surface area contributed by atoms with Gasteiger partial charge in [-0.3, -0.25) is 4.98 Å². The van der Waals surface area contributed by atoms with E-state index in [4.69, 9.17) is 0 Å². The van der Waals surface area contributed by atoms with Crippen molar-refractivity contribution < 1.29 is 0 Å². The molecule has 0 bridgehead atoms. The van der Waals surface area contributed by atoms with Gasteiger partial charge in [-0.25, -0.2) is 4.98 Å². The van der Waals surface area contributed by atoms with Gasteiger partial charge < -0.3 is 0 Å². The molecule has 0 amide bonds. The van der Waals surface area contributed by atoms with Crippen molar-refractivity contribution in [1.82, 2.24) is 19.9 Å². The minimum atomic E-state index is 0.929. The summed E-state index contributed by atoms with van der Waals surface area (Å²) in [4.78, 5) is 9.09. The van der Waals surface area contributed by atoms with Crippen molar-refractivity contribution in [3.8, 4) is 0 Å². The van der Waals surface area contributed by atoms with Gasteiger partial charge in [-0.05, 0) is 6.07 Å². The summed E-state index contributed by atoms with van der Waals surface area (Å²) in [7, 11) is 0. The molecule has 0 radical (unpaired) electrons. The smallest absolute Gasteiger partial charge is 0.139 e. The van der Waals surface area contributed by atoms with E-state index in [-0.39, 0.29) is 0 Å². The second kappa shape index (κ2) is 3.57. The number of aromatic nitrogens is 4. The number of hydrogen-bond acceptors (Lipinski definition) is 4. The third kappa shape index (κ3) is 1.96. The van der Waals surface area contributed by atoms with Gasteiger partial charge in [0.05, 0.1) is 6.21 Å². The third-order valence-corrected chi connectivity index (χ3v) is 1.42. The molecule has 2 heterocycles. The molecule has 13 heavy (non-hydrogen) atoms. The molecule has 0 aliphatic carbocycles. The van der Waals surface area contributed by atoms with Gasteiger partial charge in [-0.1, -0.05) is 6.07 Å². The van der Waals surface area contributed by atoms with Gasteiger partial charge >= 0.3 is 0 Å². The van der Waals surface area contributed by atoms with Crippen LogP contribution in [0.2, 0.25) is 0 Å². The van der Waals surface area contributed by atoms with E-state index >= 15 is 0 Å². The average molecular weight is 173 g/mol. The summed E-state index contributed by atoms with van der Waals surface area (Å²) in [5, 5.41) is 7.83. The molecule has 0 unspecified atom stereocenters. The predicted molar refractivity (Wildman–Crippen MR) is 47.3 cm³/mol. The fourth-order valence-corrected chi connectivity index (χ4v) is 0.840. The molecule has 0 atom stereocenters. The Hall–Kier alpha value is -2.04. The molecular weight excluding hydrogens is 166 g/mol. The maximum absolute atomic E-state index is 4.01. The molecule has 0 saturated heterocycles. The summed E-state index contributed by atoms with van der Waals surface area (Å²) >= 11 is 0.